The van der Waals surface area contributed by atoms with E-state index in [1.54, 1.807) is 18.3 Å². The van der Waals surface area contributed by atoms with E-state index in [-0.39, 0.29) is 10.7 Å². The third kappa shape index (κ3) is 2.56. The van der Waals surface area contributed by atoms with Gasteiger partial charge in [0.25, 0.3) is 0 Å². The van der Waals surface area contributed by atoms with Crippen molar-refractivity contribution in [2.24, 2.45) is 0 Å². The van der Waals surface area contributed by atoms with Crippen LogP contribution in [0.4, 0.5) is 0 Å². The van der Waals surface area contributed by atoms with Crippen LogP contribution in [-0.2, 0) is 6.42 Å². The fourth-order valence-electron chi connectivity index (χ4n) is 1.14. The highest BCUT2D eigenvalue weighted by Crippen LogP contribution is 2.26. The molecule has 3 nitrogen and oxygen atoms in total. The number of aryl methyl sites for hydroxylation is 1. The third-order valence-electron chi connectivity index (χ3n) is 2.10. The second kappa shape index (κ2) is 4.92. The molecule has 0 fully saturated rings. The number of halogens is 1. The molecule has 0 aliphatic carbocycles. The number of rotatable bonds is 3. The van der Waals surface area contributed by atoms with Gasteiger partial charge in [-0.1, -0.05) is 25.1 Å². The SMILES string of the molecule is C=C(C#N)[C@@H](O)c1cc(CC)cnc1Cl. The zero-order valence-electron chi connectivity index (χ0n) is 8.37. The van der Waals surface area contributed by atoms with Gasteiger partial charge in [-0.05, 0) is 18.1 Å². The predicted octanol–water partition coefficient (Wildman–Crippen LogP) is 2.41. The van der Waals surface area contributed by atoms with E-state index in [1.807, 2.05) is 6.92 Å². The second-order valence-corrected chi connectivity index (χ2v) is 3.47. The normalized spacial score (nSPS) is 11.9. The van der Waals surface area contributed by atoms with Crippen LogP contribution in [0.3, 0.4) is 0 Å². The quantitative estimate of drug-likeness (QED) is 0.631. The molecule has 1 atom stereocenters. The van der Waals surface area contributed by atoms with E-state index in [0.717, 1.165) is 12.0 Å². The molecule has 0 spiro atoms. The number of aromatic nitrogens is 1. The number of hydrogen-bond acceptors (Lipinski definition) is 3. The Balaban J connectivity index is 3.13. The number of aliphatic hydroxyl groups excluding tert-OH is 1. The summed E-state index contributed by atoms with van der Waals surface area (Å²) in [4.78, 5) is 3.94. The Labute approximate surface area is 93.6 Å². The minimum Gasteiger partial charge on any atom is -0.383 e. The van der Waals surface area contributed by atoms with Gasteiger partial charge in [0.05, 0.1) is 11.6 Å². The molecule has 1 heterocycles. The van der Waals surface area contributed by atoms with Crippen LogP contribution >= 0.6 is 11.6 Å². The van der Waals surface area contributed by atoms with Crippen LogP contribution in [0.2, 0.25) is 5.15 Å². The molecule has 78 valence electrons. The maximum Gasteiger partial charge on any atom is 0.135 e. The van der Waals surface area contributed by atoms with Crippen LogP contribution in [0.15, 0.2) is 24.4 Å². The Kier molecular flexibility index (Phi) is 3.84. The summed E-state index contributed by atoms with van der Waals surface area (Å²) in [5.41, 5.74) is 1.45. The summed E-state index contributed by atoms with van der Waals surface area (Å²) < 4.78 is 0. The second-order valence-electron chi connectivity index (χ2n) is 3.12. The highest BCUT2D eigenvalue weighted by atomic mass is 35.5. The molecular formula is C11H11ClN2O. The van der Waals surface area contributed by atoms with Gasteiger partial charge in [-0.15, -0.1) is 0 Å². The van der Waals surface area contributed by atoms with E-state index in [1.165, 1.54) is 0 Å². The van der Waals surface area contributed by atoms with Crippen molar-refractivity contribution in [3.8, 4) is 6.07 Å². The van der Waals surface area contributed by atoms with Gasteiger partial charge < -0.3 is 5.11 Å². The fraction of sp³-hybridized carbons (Fsp3) is 0.273. The number of nitrogens with zero attached hydrogens (tertiary/aromatic N) is 2. The van der Waals surface area contributed by atoms with Crippen LogP contribution < -0.4 is 0 Å². The van der Waals surface area contributed by atoms with Gasteiger partial charge in [0.1, 0.15) is 11.3 Å². The molecule has 4 heteroatoms. The molecule has 1 rings (SSSR count). The maximum atomic E-state index is 9.74. The minimum atomic E-state index is -1.07. The molecule has 0 aromatic carbocycles. The Morgan fingerprint density at radius 2 is 2.47 bits per heavy atom. The monoisotopic (exact) mass is 222 g/mol. The summed E-state index contributed by atoms with van der Waals surface area (Å²) in [6, 6.07) is 3.54. The Bertz CT molecular complexity index is 423. The summed E-state index contributed by atoms with van der Waals surface area (Å²) in [5, 5.41) is 18.6. The van der Waals surface area contributed by atoms with Crippen molar-refractivity contribution in [3.05, 3.63) is 40.7 Å². The zero-order valence-corrected chi connectivity index (χ0v) is 9.12. The lowest BCUT2D eigenvalue weighted by Crippen LogP contribution is -2.02. The first-order valence-electron chi connectivity index (χ1n) is 4.51. The Morgan fingerprint density at radius 3 is 3.00 bits per heavy atom. The van der Waals surface area contributed by atoms with Gasteiger partial charge in [0, 0.05) is 11.8 Å². The molecule has 0 saturated carbocycles. The van der Waals surface area contributed by atoms with Crippen LogP contribution in [0.1, 0.15) is 24.2 Å². The zero-order chi connectivity index (χ0) is 11.4. The molecule has 1 N–H and O–H groups in total. The number of hydrogen-bond donors (Lipinski definition) is 1. The molecule has 1 aromatic heterocycles. The summed E-state index contributed by atoms with van der Waals surface area (Å²) >= 11 is 5.83. The van der Waals surface area contributed by atoms with E-state index in [2.05, 4.69) is 11.6 Å². The lowest BCUT2D eigenvalue weighted by Gasteiger charge is -2.11. The first kappa shape index (κ1) is 11.7. The molecule has 0 aliphatic heterocycles. The number of aliphatic hydroxyl groups is 1. The number of nitriles is 1. The lowest BCUT2D eigenvalue weighted by atomic mass is 10.0. The molecule has 0 radical (unpaired) electrons. The highest BCUT2D eigenvalue weighted by Gasteiger charge is 2.16. The van der Waals surface area contributed by atoms with E-state index < -0.39 is 6.10 Å². The van der Waals surface area contributed by atoms with Gasteiger partial charge in [0.15, 0.2) is 0 Å². The molecule has 0 unspecified atom stereocenters. The standard InChI is InChI=1S/C11H11ClN2O/c1-3-8-4-9(11(12)14-6-8)10(15)7(2)5-13/h4,6,10,15H,2-3H2,1H3/t10-/m1/s1. The fourth-order valence-corrected chi connectivity index (χ4v) is 1.35. The van der Waals surface area contributed by atoms with Crippen molar-refractivity contribution >= 4 is 11.6 Å². The first-order chi connectivity index (χ1) is 7.10. The van der Waals surface area contributed by atoms with Crippen LogP contribution in [-0.4, -0.2) is 10.1 Å². The summed E-state index contributed by atoms with van der Waals surface area (Å²) in [7, 11) is 0. The van der Waals surface area contributed by atoms with Crippen LogP contribution in [0.25, 0.3) is 0 Å². The summed E-state index contributed by atoms with van der Waals surface area (Å²) in [6.07, 6.45) is 1.37. The molecule has 0 saturated heterocycles. The molecular weight excluding hydrogens is 212 g/mol. The van der Waals surface area contributed by atoms with Gasteiger partial charge >= 0.3 is 0 Å². The van der Waals surface area contributed by atoms with E-state index >= 15 is 0 Å². The Morgan fingerprint density at radius 1 is 1.80 bits per heavy atom. The van der Waals surface area contributed by atoms with Crippen molar-refractivity contribution in [3.63, 3.8) is 0 Å². The third-order valence-corrected chi connectivity index (χ3v) is 2.42. The minimum absolute atomic E-state index is 0.0620. The summed E-state index contributed by atoms with van der Waals surface area (Å²) in [5.74, 6) is 0. The molecule has 1 aromatic rings. The van der Waals surface area contributed by atoms with Gasteiger partial charge in [-0.3, -0.25) is 0 Å². The Hall–Kier alpha value is -1.37. The smallest absolute Gasteiger partial charge is 0.135 e. The van der Waals surface area contributed by atoms with Crippen molar-refractivity contribution in [2.45, 2.75) is 19.4 Å². The first-order valence-corrected chi connectivity index (χ1v) is 4.89. The van der Waals surface area contributed by atoms with E-state index in [9.17, 15) is 5.11 Å². The largest absolute Gasteiger partial charge is 0.383 e. The average Bonchev–Trinajstić information content (AvgIpc) is 2.27. The summed E-state index contributed by atoms with van der Waals surface area (Å²) in [6.45, 7) is 5.42. The van der Waals surface area contributed by atoms with E-state index in [0.29, 0.717) is 5.56 Å². The average molecular weight is 223 g/mol. The highest BCUT2D eigenvalue weighted by molar-refractivity contribution is 6.30. The predicted molar refractivity (Wildman–Crippen MR) is 58.3 cm³/mol. The molecule has 0 amide bonds. The van der Waals surface area contributed by atoms with Crippen molar-refractivity contribution in [2.75, 3.05) is 0 Å². The van der Waals surface area contributed by atoms with Gasteiger partial charge in [-0.25, -0.2) is 4.98 Å². The van der Waals surface area contributed by atoms with Gasteiger partial charge in [0.2, 0.25) is 0 Å². The van der Waals surface area contributed by atoms with Crippen molar-refractivity contribution < 1.29 is 5.11 Å². The molecule has 0 aliphatic rings. The van der Waals surface area contributed by atoms with E-state index in [4.69, 9.17) is 16.9 Å². The maximum absolute atomic E-state index is 9.74. The van der Waals surface area contributed by atoms with Crippen molar-refractivity contribution in [1.29, 1.82) is 5.26 Å². The van der Waals surface area contributed by atoms with Crippen LogP contribution in [0.5, 0.6) is 0 Å². The van der Waals surface area contributed by atoms with Gasteiger partial charge in [-0.2, -0.15) is 5.26 Å². The lowest BCUT2D eigenvalue weighted by molar-refractivity contribution is 0.220. The van der Waals surface area contributed by atoms with Crippen molar-refractivity contribution in [1.82, 2.24) is 4.98 Å². The topological polar surface area (TPSA) is 56.9 Å². The molecule has 15 heavy (non-hydrogen) atoms. The molecule has 0 bridgehead atoms. The number of pyridine rings is 1. The van der Waals surface area contributed by atoms with Crippen LogP contribution in [0, 0.1) is 11.3 Å².